The van der Waals surface area contributed by atoms with Crippen molar-refractivity contribution >= 4 is 34.8 Å². The number of amides is 1. The maximum Gasteiger partial charge on any atom is 0.416 e. The van der Waals surface area contributed by atoms with Crippen molar-refractivity contribution in [1.82, 2.24) is 4.98 Å². The number of rotatable bonds is 3. The van der Waals surface area contributed by atoms with Gasteiger partial charge in [0.1, 0.15) is 11.4 Å². The summed E-state index contributed by atoms with van der Waals surface area (Å²) in [6, 6.07) is 9.12. The molecule has 2 heterocycles. The van der Waals surface area contributed by atoms with Gasteiger partial charge in [-0.05, 0) is 45.0 Å². The van der Waals surface area contributed by atoms with E-state index < -0.39 is 11.7 Å². The van der Waals surface area contributed by atoms with E-state index in [0.717, 1.165) is 4.88 Å². The largest absolute Gasteiger partial charge is 0.443 e. The third-order valence-electron chi connectivity index (χ3n) is 2.48. The van der Waals surface area contributed by atoms with Gasteiger partial charge >= 0.3 is 6.09 Å². The third-order valence-corrected chi connectivity index (χ3v) is 3.70. The van der Waals surface area contributed by atoms with E-state index in [9.17, 15) is 4.79 Å². The molecule has 0 unspecified atom stereocenters. The van der Waals surface area contributed by atoms with Gasteiger partial charge in [0.15, 0.2) is 0 Å². The lowest BCUT2D eigenvalue weighted by Gasteiger charge is -2.26. The lowest BCUT2D eigenvalue weighted by molar-refractivity contribution is 0.0576. The maximum absolute atomic E-state index is 12.4. The number of hydrogen-bond acceptors (Lipinski definition) is 4. The van der Waals surface area contributed by atoms with Gasteiger partial charge in [0.2, 0.25) is 0 Å². The summed E-state index contributed by atoms with van der Waals surface area (Å²) >= 11 is 7.38. The molecule has 2 aromatic heterocycles. The zero-order valence-corrected chi connectivity index (χ0v) is 13.7. The van der Waals surface area contributed by atoms with Crippen LogP contribution < -0.4 is 4.90 Å². The van der Waals surface area contributed by atoms with Gasteiger partial charge in [0.05, 0.1) is 10.9 Å². The number of thiophene rings is 1. The Labute approximate surface area is 133 Å². The third kappa shape index (κ3) is 4.72. The number of carbonyl (C=O) groups excluding carboxylic acids is 1. The van der Waals surface area contributed by atoms with Crippen LogP contribution in [0, 0.1) is 0 Å². The zero-order chi connectivity index (χ0) is 15.5. The van der Waals surface area contributed by atoms with Crippen molar-refractivity contribution in [2.24, 2.45) is 0 Å². The molecule has 0 aliphatic heterocycles. The van der Waals surface area contributed by atoms with Crippen LogP contribution in [0.5, 0.6) is 0 Å². The number of aromatic nitrogens is 1. The van der Waals surface area contributed by atoms with Crippen molar-refractivity contribution in [2.75, 3.05) is 4.90 Å². The second-order valence-corrected chi connectivity index (χ2v) is 7.26. The van der Waals surface area contributed by atoms with Crippen LogP contribution in [0.2, 0.25) is 4.34 Å². The van der Waals surface area contributed by atoms with E-state index in [2.05, 4.69) is 4.98 Å². The first-order valence-corrected chi connectivity index (χ1v) is 7.70. The summed E-state index contributed by atoms with van der Waals surface area (Å²) in [7, 11) is 0. The molecule has 0 bridgehead atoms. The van der Waals surface area contributed by atoms with Crippen LogP contribution in [0.1, 0.15) is 25.6 Å². The topological polar surface area (TPSA) is 42.4 Å². The molecule has 21 heavy (non-hydrogen) atoms. The Morgan fingerprint density at radius 2 is 2.10 bits per heavy atom. The number of nitrogens with zero attached hydrogens (tertiary/aromatic N) is 2. The maximum atomic E-state index is 12.4. The van der Waals surface area contributed by atoms with Gasteiger partial charge in [-0.3, -0.25) is 4.90 Å². The van der Waals surface area contributed by atoms with Gasteiger partial charge in [-0.1, -0.05) is 17.7 Å². The molecule has 0 saturated carbocycles. The summed E-state index contributed by atoms with van der Waals surface area (Å²) in [5, 5.41) is 0. The average molecular weight is 325 g/mol. The quantitative estimate of drug-likeness (QED) is 0.819. The van der Waals surface area contributed by atoms with Crippen LogP contribution in [-0.4, -0.2) is 16.7 Å². The molecule has 0 atom stereocenters. The van der Waals surface area contributed by atoms with Crippen LogP contribution in [0.4, 0.5) is 10.6 Å². The summed E-state index contributed by atoms with van der Waals surface area (Å²) in [4.78, 5) is 19.1. The van der Waals surface area contributed by atoms with Gasteiger partial charge in [-0.15, -0.1) is 11.3 Å². The van der Waals surface area contributed by atoms with Gasteiger partial charge in [-0.2, -0.15) is 0 Å². The molecule has 0 saturated heterocycles. The van der Waals surface area contributed by atoms with Crippen molar-refractivity contribution < 1.29 is 9.53 Å². The van der Waals surface area contributed by atoms with E-state index in [0.29, 0.717) is 16.7 Å². The van der Waals surface area contributed by atoms with Crippen LogP contribution in [0.25, 0.3) is 0 Å². The molecule has 0 aromatic carbocycles. The summed E-state index contributed by atoms with van der Waals surface area (Å²) in [6.07, 6.45) is 1.22. The van der Waals surface area contributed by atoms with Gasteiger partial charge in [-0.25, -0.2) is 9.78 Å². The summed E-state index contributed by atoms with van der Waals surface area (Å²) < 4.78 is 6.14. The predicted octanol–water partition coefficient (Wildman–Crippen LogP) is 4.74. The Morgan fingerprint density at radius 1 is 1.33 bits per heavy atom. The molecule has 2 aromatic rings. The highest BCUT2D eigenvalue weighted by Gasteiger charge is 2.24. The van der Waals surface area contributed by atoms with Crippen LogP contribution in [0.3, 0.4) is 0 Å². The minimum absolute atomic E-state index is 0.378. The Bertz CT molecular complexity index is 608. The highest BCUT2D eigenvalue weighted by atomic mass is 35.5. The SMILES string of the molecule is CC(C)(C)OC(=O)N(Cc1ccc(Cl)s1)c1ccccn1. The molecule has 0 aliphatic carbocycles. The highest BCUT2D eigenvalue weighted by molar-refractivity contribution is 7.16. The first-order valence-electron chi connectivity index (χ1n) is 6.51. The smallest absolute Gasteiger partial charge is 0.416 e. The van der Waals surface area contributed by atoms with Crippen molar-refractivity contribution in [2.45, 2.75) is 32.9 Å². The fraction of sp³-hybridized carbons (Fsp3) is 0.333. The predicted molar refractivity (Wildman–Crippen MR) is 86.0 cm³/mol. The van der Waals surface area contributed by atoms with Crippen LogP contribution in [-0.2, 0) is 11.3 Å². The first kappa shape index (κ1) is 15.8. The average Bonchev–Trinajstić information content (AvgIpc) is 2.80. The zero-order valence-electron chi connectivity index (χ0n) is 12.2. The van der Waals surface area contributed by atoms with E-state index >= 15 is 0 Å². The Hall–Kier alpha value is -1.59. The molecule has 0 spiro atoms. The van der Waals surface area contributed by atoms with Crippen LogP contribution >= 0.6 is 22.9 Å². The highest BCUT2D eigenvalue weighted by Crippen LogP contribution is 2.25. The monoisotopic (exact) mass is 324 g/mol. The lowest BCUT2D eigenvalue weighted by Crippen LogP contribution is -2.36. The van der Waals surface area contributed by atoms with E-state index in [1.807, 2.05) is 39.0 Å². The Balaban J connectivity index is 2.24. The van der Waals surface area contributed by atoms with E-state index in [-0.39, 0.29) is 0 Å². The van der Waals surface area contributed by atoms with E-state index in [4.69, 9.17) is 16.3 Å². The number of pyridine rings is 1. The number of anilines is 1. The fourth-order valence-electron chi connectivity index (χ4n) is 1.66. The molecule has 0 radical (unpaired) electrons. The van der Waals surface area contributed by atoms with Gasteiger partial charge in [0.25, 0.3) is 0 Å². The Kier molecular flexibility index (Phi) is 4.85. The van der Waals surface area contributed by atoms with Crippen molar-refractivity contribution in [3.05, 3.63) is 45.7 Å². The molecule has 112 valence electrons. The second-order valence-electron chi connectivity index (χ2n) is 5.46. The minimum atomic E-state index is -0.558. The number of hydrogen-bond donors (Lipinski definition) is 0. The number of ether oxygens (including phenoxy) is 1. The van der Waals surface area contributed by atoms with Gasteiger partial charge < -0.3 is 4.74 Å². The molecule has 1 amide bonds. The van der Waals surface area contributed by atoms with Gasteiger partial charge in [0, 0.05) is 11.1 Å². The van der Waals surface area contributed by atoms with E-state index in [1.165, 1.54) is 16.2 Å². The molecule has 2 rings (SSSR count). The summed E-state index contributed by atoms with van der Waals surface area (Å²) in [5.74, 6) is 0.552. The van der Waals surface area contributed by atoms with Crippen LogP contribution in [0.15, 0.2) is 36.5 Å². The standard InChI is InChI=1S/C15H17ClN2O2S/c1-15(2,3)20-14(19)18(13-6-4-5-9-17-13)10-11-7-8-12(16)21-11/h4-9H,10H2,1-3H3. The molecule has 0 fully saturated rings. The minimum Gasteiger partial charge on any atom is -0.443 e. The number of halogens is 1. The second kappa shape index (κ2) is 6.45. The normalized spacial score (nSPS) is 11.2. The molecule has 0 aliphatic rings. The lowest BCUT2D eigenvalue weighted by atomic mass is 10.2. The van der Waals surface area contributed by atoms with Crippen molar-refractivity contribution in [3.63, 3.8) is 0 Å². The van der Waals surface area contributed by atoms with Crippen molar-refractivity contribution in [1.29, 1.82) is 0 Å². The molecule has 6 heteroatoms. The van der Waals surface area contributed by atoms with Crippen molar-refractivity contribution in [3.8, 4) is 0 Å². The Morgan fingerprint density at radius 3 is 2.62 bits per heavy atom. The molecule has 0 N–H and O–H groups in total. The summed E-state index contributed by atoms with van der Waals surface area (Å²) in [6.45, 7) is 5.89. The fourth-order valence-corrected chi connectivity index (χ4v) is 2.74. The number of carbonyl (C=O) groups is 1. The van der Waals surface area contributed by atoms with E-state index in [1.54, 1.807) is 18.3 Å². The first-order chi connectivity index (χ1) is 9.85. The molecule has 4 nitrogen and oxygen atoms in total. The molecular weight excluding hydrogens is 308 g/mol. The summed E-state index contributed by atoms with van der Waals surface area (Å²) in [5.41, 5.74) is -0.558. The molecular formula is C15H17ClN2O2S.